The smallest absolute Gasteiger partial charge is 0.136 e. The van der Waals surface area contributed by atoms with E-state index in [2.05, 4.69) is 34.9 Å². The van der Waals surface area contributed by atoms with Crippen LogP contribution in [0.5, 0.6) is 0 Å². The fourth-order valence-corrected chi connectivity index (χ4v) is 3.51. The highest BCUT2D eigenvalue weighted by Crippen LogP contribution is 2.44. The van der Waals surface area contributed by atoms with E-state index in [1.165, 1.54) is 0 Å². The summed E-state index contributed by atoms with van der Waals surface area (Å²) in [6.07, 6.45) is 5.90. The van der Waals surface area contributed by atoms with E-state index in [9.17, 15) is 5.11 Å². The van der Waals surface area contributed by atoms with Crippen molar-refractivity contribution in [2.75, 3.05) is 0 Å². The lowest BCUT2D eigenvalue weighted by molar-refractivity contribution is 0.0477. The topological polar surface area (TPSA) is 51.2 Å². The highest BCUT2D eigenvalue weighted by Gasteiger charge is 2.42. The van der Waals surface area contributed by atoms with Gasteiger partial charge in [0.1, 0.15) is 11.4 Å². The molecule has 0 saturated carbocycles. The van der Waals surface area contributed by atoms with Crippen LogP contribution in [0.1, 0.15) is 49.7 Å². The third-order valence-electron chi connectivity index (χ3n) is 3.77. The molecule has 2 aromatic heterocycles. The molecule has 0 bridgehead atoms. The van der Waals surface area contributed by atoms with E-state index in [1.807, 2.05) is 10.7 Å². The number of fused-ring (bicyclic) bond motifs is 1. The normalized spacial score (nSPS) is 22.8. The predicted octanol–water partition coefficient (Wildman–Crippen LogP) is 3.39. The zero-order valence-electron chi connectivity index (χ0n) is 11.1. The van der Waals surface area contributed by atoms with Gasteiger partial charge in [-0.15, -0.1) is 0 Å². The third kappa shape index (κ3) is 1.87. The van der Waals surface area contributed by atoms with Crippen molar-refractivity contribution >= 4 is 15.9 Å². The fourth-order valence-electron chi connectivity index (χ4n) is 2.91. The van der Waals surface area contributed by atoms with Gasteiger partial charge in [0.05, 0.1) is 22.6 Å². The number of nitrogens with zero attached hydrogens (tertiary/aromatic N) is 2. The average molecular weight is 325 g/mol. The van der Waals surface area contributed by atoms with Crippen molar-refractivity contribution in [3.8, 4) is 0 Å². The Morgan fingerprint density at radius 1 is 1.53 bits per heavy atom. The molecule has 0 spiro atoms. The minimum Gasteiger partial charge on any atom is -0.469 e. The second-order valence-electron chi connectivity index (χ2n) is 5.35. The summed E-state index contributed by atoms with van der Waals surface area (Å²) < 4.78 is 8.21. The number of aliphatic hydroxyl groups is 1. The largest absolute Gasteiger partial charge is 0.469 e. The lowest BCUT2D eigenvalue weighted by Gasteiger charge is -2.33. The second kappa shape index (κ2) is 4.49. The van der Waals surface area contributed by atoms with Gasteiger partial charge in [-0.1, -0.05) is 0 Å². The van der Waals surface area contributed by atoms with Gasteiger partial charge in [-0.2, -0.15) is 5.10 Å². The van der Waals surface area contributed by atoms with E-state index in [-0.39, 0.29) is 6.04 Å². The van der Waals surface area contributed by atoms with Crippen molar-refractivity contribution in [3.05, 3.63) is 40.0 Å². The van der Waals surface area contributed by atoms with Crippen LogP contribution < -0.4 is 0 Å². The van der Waals surface area contributed by atoms with Crippen molar-refractivity contribution in [2.24, 2.45) is 0 Å². The molecular formula is C14H17BrN2O2. The average Bonchev–Trinajstić information content (AvgIpc) is 2.96. The highest BCUT2D eigenvalue weighted by atomic mass is 79.9. The summed E-state index contributed by atoms with van der Waals surface area (Å²) in [7, 11) is 0. The van der Waals surface area contributed by atoms with Crippen molar-refractivity contribution in [2.45, 2.75) is 44.8 Å². The minimum atomic E-state index is -1.01. The molecule has 0 aromatic carbocycles. The van der Waals surface area contributed by atoms with Gasteiger partial charge in [0.15, 0.2) is 0 Å². The first kappa shape index (κ1) is 12.9. The lowest BCUT2D eigenvalue weighted by Crippen LogP contribution is -2.34. The van der Waals surface area contributed by atoms with Crippen LogP contribution in [0.15, 0.2) is 27.4 Å². The van der Waals surface area contributed by atoms with E-state index >= 15 is 0 Å². The maximum Gasteiger partial charge on any atom is 0.136 e. The van der Waals surface area contributed by atoms with Gasteiger partial charge in [0.2, 0.25) is 0 Å². The molecule has 1 unspecified atom stereocenters. The van der Waals surface area contributed by atoms with Crippen LogP contribution in [0.3, 0.4) is 0 Å². The van der Waals surface area contributed by atoms with E-state index < -0.39 is 5.60 Å². The molecule has 0 radical (unpaired) electrons. The van der Waals surface area contributed by atoms with E-state index in [0.717, 1.165) is 34.3 Å². The molecule has 1 N–H and O–H groups in total. The SMILES string of the molecule is CC(C)n1ncc(Br)c1C1(O)CCCc2occc21. The fraction of sp³-hybridized carbons (Fsp3) is 0.500. The molecular weight excluding hydrogens is 308 g/mol. The molecule has 2 heterocycles. The van der Waals surface area contributed by atoms with Crippen LogP contribution in [-0.4, -0.2) is 14.9 Å². The Labute approximate surface area is 120 Å². The number of furan rings is 1. The van der Waals surface area contributed by atoms with Crippen LogP contribution in [-0.2, 0) is 12.0 Å². The Balaban J connectivity index is 2.20. The van der Waals surface area contributed by atoms with Crippen LogP contribution in [0.25, 0.3) is 0 Å². The molecule has 1 aliphatic rings. The van der Waals surface area contributed by atoms with Gasteiger partial charge in [-0.3, -0.25) is 4.68 Å². The summed E-state index contributed by atoms with van der Waals surface area (Å²) in [5.41, 5.74) is 0.687. The molecule has 1 aliphatic carbocycles. The zero-order valence-corrected chi connectivity index (χ0v) is 12.6. The molecule has 0 aliphatic heterocycles. The maximum absolute atomic E-state index is 11.2. The summed E-state index contributed by atoms with van der Waals surface area (Å²) in [5, 5.41) is 15.6. The Bertz CT molecular complexity index is 602. The van der Waals surface area contributed by atoms with E-state index in [1.54, 1.807) is 12.5 Å². The number of hydrogen-bond acceptors (Lipinski definition) is 3. The van der Waals surface area contributed by atoms with Crippen molar-refractivity contribution in [3.63, 3.8) is 0 Å². The Kier molecular flexibility index (Phi) is 3.06. The lowest BCUT2D eigenvalue weighted by atomic mass is 9.80. The number of rotatable bonds is 2. The van der Waals surface area contributed by atoms with Gasteiger partial charge in [0, 0.05) is 18.0 Å². The van der Waals surface area contributed by atoms with Crippen LogP contribution in [0, 0.1) is 0 Å². The van der Waals surface area contributed by atoms with E-state index in [0.29, 0.717) is 6.42 Å². The third-order valence-corrected chi connectivity index (χ3v) is 4.35. The summed E-state index contributed by atoms with van der Waals surface area (Å²) in [6, 6.07) is 2.07. The highest BCUT2D eigenvalue weighted by molar-refractivity contribution is 9.10. The zero-order chi connectivity index (χ0) is 13.6. The quantitative estimate of drug-likeness (QED) is 0.921. The van der Waals surface area contributed by atoms with Gasteiger partial charge in [-0.25, -0.2) is 0 Å². The molecule has 19 heavy (non-hydrogen) atoms. The standard InChI is InChI=1S/C14H17BrN2O2/c1-9(2)17-13(11(15)8-16-17)14(18)6-3-4-12-10(14)5-7-19-12/h5,7-9,18H,3-4,6H2,1-2H3. The number of aryl methyl sites for hydroxylation is 1. The Hall–Kier alpha value is -1.07. The minimum absolute atomic E-state index is 0.197. The van der Waals surface area contributed by atoms with Crippen molar-refractivity contribution < 1.29 is 9.52 Å². The molecule has 0 fully saturated rings. The molecule has 0 amide bonds. The van der Waals surface area contributed by atoms with E-state index in [4.69, 9.17) is 4.42 Å². The molecule has 4 nitrogen and oxygen atoms in total. The molecule has 5 heteroatoms. The molecule has 3 rings (SSSR count). The summed E-state index contributed by atoms with van der Waals surface area (Å²) in [6.45, 7) is 4.12. The van der Waals surface area contributed by atoms with Gasteiger partial charge < -0.3 is 9.52 Å². The number of halogens is 1. The summed E-state index contributed by atoms with van der Waals surface area (Å²) in [4.78, 5) is 0. The second-order valence-corrected chi connectivity index (χ2v) is 6.21. The van der Waals surface area contributed by atoms with Crippen molar-refractivity contribution in [1.82, 2.24) is 9.78 Å². The molecule has 2 aromatic rings. The monoisotopic (exact) mass is 324 g/mol. The Morgan fingerprint density at radius 3 is 3.05 bits per heavy atom. The first-order valence-corrected chi connectivity index (χ1v) is 7.36. The number of hydrogen-bond donors (Lipinski definition) is 1. The van der Waals surface area contributed by atoms with Crippen LogP contribution in [0.4, 0.5) is 0 Å². The summed E-state index contributed by atoms with van der Waals surface area (Å²) >= 11 is 3.52. The molecule has 0 saturated heterocycles. The van der Waals surface area contributed by atoms with Crippen LogP contribution >= 0.6 is 15.9 Å². The first-order valence-electron chi connectivity index (χ1n) is 6.56. The maximum atomic E-state index is 11.2. The number of aromatic nitrogens is 2. The first-order chi connectivity index (χ1) is 9.04. The van der Waals surface area contributed by atoms with Crippen LogP contribution in [0.2, 0.25) is 0 Å². The van der Waals surface area contributed by atoms with Crippen molar-refractivity contribution in [1.29, 1.82) is 0 Å². The Morgan fingerprint density at radius 2 is 2.32 bits per heavy atom. The molecule has 1 atom stereocenters. The van der Waals surface area contributed by atoms with Gasteiger partial charge in [0.25, 0.3) is 0 Å². The van der Waals surface area contributed by atoms with Gasteiger partial charge >= 0.3 is 0 Å². The summed E-state index contributed by atoms with van der Waals surface area (Å²) in [5.74, 6) is 0.886. The van der Waals surface area contributed by atoms with Gasteiger partial charge in [-0.05, 0) is 48.7 Å². The molecule has 102 valence electrons. The predicted molar refractivity (Wildman–Crippen MR) is 75.0 cm³/mol.